The van der Waals surface area contributed by atoms with Crippen molar-refractivity contribution < 1.29 is 48.8 Å². The zero-order valence-electron chi connectivity index (χ0n) is 36.3. The number of hydrogen-bond acceptors (Lipinski definition) is 17. The molecule has 0 aliphatic heterocycles. The van der Waals surface area contributed by atoms with Gasteiger partial charge in [0.2, 0.25) is 11.6 Å². The first-order chi connectivity index (χ1) is 30.5. The van der Waals surface area contributed by atoms with Gasteiger partial charge < -0.3 is 62.2 Å². The van der Waals surface area contributed by atoms with Crippen LogP contribution in [0.2, 0.25) is 0 Å². The Morgan fingerprint density at radius 1 is 0.952 bits per heavy atom. The molecule has 0 aliphatic rings. The third-order valence-corrected chi connectivity index (χ3v) is 10.9. The lowest BCUT2D eigenvalue weighted by atomic mass is 10.1. The van der Waals surface area contributed by atoms with Crippen molar-refractivity contribution in [2.75, 3.05) is 95.5 Å². The lowest BCUT2D eigenvalue weighted by Crippen LogP contribution is -2.37. The van der Waals surface area contributed by atoms with Gasteiger partial charge in [0, 0.05) is 62.5 Å². The number of rotatable bonds is 31. The second-order valence-corrected chi connectivity index (χ2v) is 16.0. The molecule has 21 nitrogen and oxygen atoms in total. The van der Waals surface area contributed by atoms with Gasteiger partial charge in [-0.1, -0.05) is 18.1 Å². The molecular formula is C41H66N11O10S+. The van der Waals surface area contributed by atoms with Gasteiger partial charge in [0.15, 0.2) is 17.1 Å². The number of hydrazone groups is 1. The highest BCUT2D eigenvalue weighted by Gasteiger charge is 2.28. The molecule has 0 saturated heterocycles. The predicted molar refractivity (Wildman–Crippen MR) is 242 cm³/mol. The van der Waals surface area contributed by atoms with Crippen LogP contribution in [0.4, 0.5) is 5.82 Å². The molecule has 0 fully saturated rings. The summed E-state index contributed by atoms with van der Waals surface area (Å²) in [6.07, 6.45) is 6.68. The predicted octanol–water partition coefficient (Wildman–Crippen LogP) is 0.0792. The van der Waals surface area contributed by atoms with Crippen LogP contribution in [-0.2, 0) is 39.4 Å². The molecule has 0 radical (unpaired) electrons. The molecule has 22 heteroatoms. The maximum Gasteiger partial charge on any atom is 0.320 e. The highest BCUT2D eigenvalue weighted by molar-refractivity contribution is 7.97. The van der Waals surface area contributed by atoms with Crippen LogP contribution in [0.1, 0.15) is 61.4 Å². The Morgan fingerprint density at radius 2 is 1.67 bits per heavy atom. The minimum atomic E-state index is -1.03. The highest BCUT2D eigenvalue weighted by Crippen LogP contribution is 2.16. The molecule has 2 heterocycles. The Kier molecular flexibility index (Phi) is 28.9. The largest absolute Gasteiger partial charge is 0.480 e. The number of ether oxygens (including phenoxy) is 4. The highest BCUT2D eigenvalue weighted by atomic mass is 32.2. The van der Waals surface area contributed by atoms with Crippen molar-refractivity contribution in [1.29, 1.82) is 0 Å². The smallest absolute Gasteiger partial charge is 0.320 e. The fourth-order valence-electron chi connectivity index (χ4n) is 5.19. The average molecular weight is 905 g/mol. The Morgan fingerprint density at radius 3 is 2.33 bits per heavy atom. The first-order valence-electron chi connectivity index (χ1n) is 20.7. The van der Waals surface area contributed by atoms with Gasteiger partial charge in [-0.15, -0.1) is 0 Å². The van der Waals surface area contributed by atoms with Crippen molar-refractivity contribution in [1.82, 2.24) is 30.4 Å². The van der Waals surface area contributed by atoms with Gasteiger partial charge in [-0.2, -0.15) is 9.83 Å². The van der Waals surface area contributed by atoms with E-state index in [1.165, 1.54) is 18.9 Å². The normalized spacial score (nSPS) is 13.0. The summed E-state index contributed by atoms with van der Waals surface area (Å²) in [5.41, 5.74) is 21.1. The number of aliphatic carboxylic acids is 1. The molecule has 2 amide bonds. The Hall–Kier alpha value is -4.96. The number of nitrogens with zero attached hydrogens (tertiary/aromatic N) is 5. The number of fused-ring (bicyclic) bond motifs is 1. The van der Waals surface area contributed by atoms with Crippen molar-refractivity contribution in [3.63, 3.8) is 0 Å². The van der Waals surface area contributed by atoms with Crippen molar-refractivity contribution in [2.24, 2.45) is 22.3 Å². The van der Waals surface area contributed by atoms with Crippen molar-refractivity contribution in [2.45, 2.75) is 63.7 Å². The van der Waals surface area contributed by atoms with E-state index in [0.717, 1.165) is 29.7 Å². The molecule has 0 bridgehead atoms. The van der Waals surface area contributed by atoms with Gasteiger partial charge >= 0.3 is 5.97 Å². The van der Waals surface area contributed by atoms with E-state index in [1.807, 2.05) is 0 Å². The van der Waals surface area contributed by atoms with Crippen LogP contribution >= 0.6 is 0 Å². The minimum absolute atomic E-state index is 0.208. The number of hydrogen-bond donors (Lipinski definition) is 9. The quantitative estimate of drug-likeness (QED) is 0.0103. The number of imidazole rings is 1. The number of carbonyl (C=O) groups is 3. The molecule has 12 N–H and O–H groups in total. The number of nitrogens with two attached hydrogens (primary N) is 3. The average Bonchev–Trinajstić information content (AvgIpc) is 3.66. The van der Waals surface area contributed by atoms with Crippen molar-refractivity contribution >= 4 is 51.9 Å². The van der Waals surface area contributed by atoms with Crippen LogP contribution in [-0.4, -0.2) is 168 Å². The Bertz CT molecular complexity index is 1830. The second kappa shape index (κ2) is 33.6. The molecule has 3 aromatic rings. The van der Waals surface area contributed by atoms with Gasteiger partial charge in [0.05, 0.1) is 52.0 Å². The summed E-state index contributed by atoms with van der Waals surface area (Å²) >= 11 is 0. The number of aromatic nitrogens is 4. The summed E-state index contributed by atoms with van der Waals surface area (Å²) < 4.78 is 22.2. The van der Waals surface area contributed by atoms with E-state index in [9.17, 15) is 24.7 Å². The molecule has 0 saturated carbocycles. The molecule has 0 spiro atoms. The van der Waals surface area contributed by atoms with Crippen molar-refractivity contribution in [3.05, 3.63) is 48.0 Å². The summed E-state index contributed by atoms with van der Waals surface area (Å²) in [5.74, 6) is 7.18. The SMILES string of the molecule is COC(C[S+](CC#CCCCCC(=O)N/N=C\c1ccc(C(=O)NCCOCCOCCOCCN)cc1)CCC(N)C(=O)O)[C@@H](C)O.NCCCNc1ncnc2c1ncn2O. The lowest BCUT2D eigenvalue weighted by Gasteiger charge is -2.18. The van der Waals surface area contributed by atoms with E-state index in [2.05, 4.69) is 48.0 Å². The van der Waals surface area contributed by atoms with E-state index >= 15 is 0 Å². The topological polar surface area (TPSA) is 319 Å². The number of amides is 2. The number of methoxy groups -OCH3 is 1. The molecule has 350 valence electrons. The molecule has 2 aromatic heterocycles. The van der Waals surface area contributed by atoms with E-state index in [-0.39, 0.29) is 28.8 Å². The monoisotopic (exact) mass is 904 g/mol. The van der Waals surface area contributed by atoms with E-state index in [1.54, 1.807) is 38.3 Å². The van der Waals surface area contributed by atoms with Crippen LogP contribution in [0.15, 0.2) is 42.0 Å². The van der Waals surface area contributed by atoms with Gasteiger partial charge in [0.1, 0.15) is 36.3 Å². The molecule has 63 heavy (non-hydrogen) atoms. The molecule has 3 rings (SSSR count). The lowest BCUT2D eigenvalue weighted by molar-refractivity contribution is -0.138. The van der Waals surface area contributed by atoms with Crippen LogP contribution < -0.4 is 33.3 Å². The van der Waals surface area contributed by atoms with Crippen LogP contribution in [0, 0.1) is 11.8 Å². The van der Waals surface area contributed by atoms with Crippen LogP contribution in [0.25, 0.3) is 11.2 Å². The summed E-state index contributed by atoms with van der Waals surface area (Å²) in [6, 6.07) is 5.90. The second-order valence-electron chi connectivity index (χ2n) is 13.8. The Labute approximate surface area is 371 Å². The summed E-state index contributed by atoms with van der Waals surface area (Å²) in [6.45, 7) is 6.59. The number of aliphatic hydroxyl groups is 1. The maximum absolute atomic E-state index is 12.3. The summed E-state index contributed by atoms with van der Waals surface area (Å²) in [7, 11) is 1.27. The van der Waals surface area contributed by atoms with Gasteiger partial charge in [-0.3, -0.25) is 14.4 Å². The first kappa shape index (κ1) is 54.2. The fourth-order valence-corrected chi connectivity index (χ4v) is 7.39. The van der Waals surface area contributed by atoms with E-state index in [0.29, 0.717) is 125 Å². The van der Waals surface area contributed by atoms with E-state index in [4.69, 9.17) is 41.3 Å². The molecule has 3 unspecified atom stereocenters. The number of unbranched alkanes of at least 4 members (excludes halogenated alkanes) is 2. The Balaban J connectivity index is 0.000000754. The molecule has 1 aromatic carbocycles. The van der Waals surface area contributed by atoms with Crippen LogP contribution in [0.5, 0.6) is 0 Å². The molecule has 4 atom stereocenters. The number of carboxylic acids is 1. The van der Waals surface area contributed by atoms with Crippen LogP contribution in [0.3, 0.4) is 0 Å². The standard InChI is InChI=1S/C33H53N5O9S.C8H12N6O/c1-26(39)30(44-2)25-48(23-13-29(35)33(42)43)22-7-5-3-4-6-8-31(40)38-37-24-27-9-11-28(12-10-27)32(41)36-15-17-46-19-21-47-20-18-45-16-14-34;9-2-1-3-10-7-6-8(12-4-11-7)14(15)5-13-6/h9-12,24,26,29-30,39H,3-4,6,8,13-23,25,34-35H2,1-2H3,(H2-,36,38,40,41,42,43);4-5,15H,1-3,9H2,(H,10,11,12)/p+1/t26-,29?,30?,48?;/m1./s1. The van der Waals surface area contributed by atoms with Crippen molar-refractivity contribution in [3.8, 4) is 11.8 Å². The zero-order chi connectivity index (χ0) is 46.1. The number of aliphatic hydroxyl groups excluding tert-OH is 1. The zero-order valence-corrected chi connectivity index (χ0v) is 37.1. The summed E-state index contributed by atoms with van der Waals surface area (Å²) in [5, 5.41) is 38.2. The third-order valence-electron chi connectivity index (χ3n) is 8.74. The summed E-state index contributed by atoms with van der Waals surface area (Å²) in [4.78, 5) is 47.5. The number of benzene rings is 1. The minimum Gasteiger partial charge on any atom is -0.480 e. The number of carboxylic acid groups (broad SMARTS) is 1. The van der Waals surface area contributed by atoms with E-state index < -0.39 is 18.1 Å². The number of nitrogens with one attached hydrogen (secondary N) is 3. The first-order valence-corrected chi connectivity index (χ1v) is 22.5. The maximum atomic E-state index is 12.3. The fraction of sp³-hybridized carbons (Fsp3) is 0.585. The van der Waals surface area contributed by atoms with Gasteiger partial charge in [0.25, 0.3) is 5.91 Å². The third kappa shape index (κ3) is 23.9. The molecule has 0 aliphatic carbocycles. The van der Waals surface area contributed by atoms with Gasteiger partial charge in [-0.25, -0.2) is 20.4 Å². The number of carbonyl (C=O) groups excluding carboxylic acids is 2. The van der Waals surface area contributed by atoms with Gasteiger partial charge in [-0.05, 0) is 56.3 Å². The number of anilines is 1. The molecular weight excluding hydrogens is 839 g/mol.